The summed E-state index contributed by atoms with van der Waals surface area (Å²) in [4.78, 5) is 12.8. The summed E-state index contributed by atoms with van der Waals surface area (Å²) in [5, 5.41) is 11.2. The van der Waals surface area contributed by atoms with Crippen LogP contribution in [0, 0.1) is 0 Å². The summed E-state index contributed by atoms with van der Waals surface area (Å²) in [6.07, 6.45) is 5.65. The highest BCUT2D eigenvalue weighted by atomic mass is 32.1. The first-order valence-electron chi connectivity index (χ1n) is 5.15. The first kappa shape index (κ1) is 10.9. The van der Waals surface area contributed by atoms with E-state index in [2.05, 4.69) is 27.0 Å². The van der Waals surface area contributed by atoms with Crippen LogP contribution in [0.25, 0.3) is 0 Å². The predicted molar refractivity (Wildman–Crippen MR) is 64.5 cm³/mol. The van der Waals surface area contributed by atoms with E-state index < -0.39 is 0 Å². The molecular formula is C11H13N3OS. The van der Waals surface area contributed by atoms with Crippen LogP contribution in [-0.4, -0.2) is 16.1 Å². The number of rotatable bonds is 5. The topological polar surface area (TPSA) is 57.8 Å². The smallest absolute Gasteiger partial charge is 0.224 e. The highest BCUT2D eigenvalue weighted by molar-refractivity contribution is 7.09. The van der Waals surface area contributed by atoms with Gasteiger partial charge in [-0.25, -0.2) is 0 Å². The molecule has 0 aliphatic carbocycles. The average molecular weight is 235 g/mol. The van der Waals surface area contributed by atoms with E-state index in [1.807, 2.05) is 6.07 Å². The summed E-state index contributed by atoms with van der Waals surface area (Å²) in [5.41, 5.74) is 0.723. The zero-order valence-electron chi connectivity index (χ0n) is 8.77. The van der Waals surface area contributed by atoms with Crippen molar-refractivity contribution in [2.75, 3.05) is 5.32 Å². The van der Waals surface area contributed by atoms with Gasteiger partial charge >= 0.3 is 0 Å². The number of hydrogen-bond acceptors (Lipinski definition) is 3. The Bertz CT molecular complexity index is 422. The monoisotopic (exact) mass is 235 g/mol. The molecule has 0 bridgehead atoms. The molecule has 2 aromatic heterocycles. The minimum Gasteiger partial charge on any atom is -0.323 e. The van der Waals surface area contributed by atoms with Gasteiger partial charge in [-0.1, -0.05) is 6.07 Å². The van der Waals surface area contributed by atoms with Gasteiger partial charge in [0, 0.05) is 17.5 Å². The zero-order valence-corrected chi connectivity index (χ0v) is 9.59. The number of nitrogens with zero attached hydrogens (tertiary/aromatic N) is 1. The number of hydrogen-bond donors (Lipinski definition) is 2. The van der Waals surface area contributed by atoms with Crippen molar-refractivity contribution in [1.82, 2.24) is 10.2 Å². The van der Waals surface area contributed by atoms with Crippen LogP contribution >= 0.6 is 11.3 Å². The van der Waals surface area contributed by atoms with E-state index in [0.717, 1.165) is 18.5 Å². The van der Waals surface area contributed by atoms with Crippen LogP contribution in [0.2, 0.25) is 0 Å². The fraction of sp³-hybridized carbons (Fsp3) is 0.273. The third-order valence-electron chi connectivity index (χ3n) is 2.19. The first-order valence-corrected chi connectivity index (χ1v) is 6.03. The summed E-state index contributed by atoms with van der Waals surface area (Å²) >= 11 is 1.73. The first-order chi connectivity index (χ1) is 7.84. The van der Waals surface area contributed by atoms with Crippen LogP contribution in [0.4, 0.5) is 5.69 Å². The summed E-state index contributed by atoms with van der Waals surface area (Å²) in [7, 11) is 0. The lowest BCUT2D eigenvalue weighted by atomic mass is 10.2. The molecule has 0 aliphatic heterocycles. The van der Waals surface area contributed by atoms with E-state index >= 15 is 0 Å². The van der Waals surface area contributed by atoms with Gasteiger partial charge in [-0.2, -0.15) is 5.10 Å². The summed E-state index contributed by atoms with van der Waals surface area (Å²) < 4.78 is 0. The SMILES string of the molecule is O=C(CCCc1cccs1)Nc1cn[nH]c1. The Labute approximate surface area is 97.7 Å². The molecule has 2 rings (SSSR count). The van der Waals surface area contributed by atoms with Crippen molar-refractivity contribution in [3.63, 3.8) is 0 Å². The highest BCUT2D eigenvalue weighted by Gasteiger charge is 2.03. The predicted octanol–water partition coefficient (Wildman–Crippen LogP) is 2.43. The minimum atomic E-state index is 0.0398. The molecule has 0 saturated heterocycles. The maximum atomic E-state index is 11.5. The number of carbonyl (C=O) groups is 1. The average Bonchev–Trinajstić information content (AvgIpc) is 2.90. The molecule has 4 nitrogen and oxygen atoms in total. The lowest BCUT2D eigenvalue weighted by molar-refractivity contribution is -0.116. The van der Waals surface area contributed by atoms with Gasteiger partial charge in [0.05, 0.1) is 11.9 Å². The maximum absolute atomic E-state index is 11.5. The Hall–Kier alpha value is -1.62. The molecule has 5 heteroatoms. The second-order valence-corrected chi connectivity index (χ2v) is 4.50. The molecule has 0 atom stereocenters. The van der Waals surface area contributed by atoms with E-state index in [0.29, 0.717) is 6.42 Å². The Morgan fingerprint density at radius 2 is 2.50 bits per heavy atom. The Kier molecular flexibility index (Phi) is 3.71. The number of amides is 1. The lowest BCUT2D eigenvalue weighted by Crippen LogP contribution is -2.10. The number of aromatic nitrogens is 2. The molecule has 0 unspecified atom stereocenters. The van der Waals surface area contributed by atoms with Crippen molar-refractivity contribution in [3.8, 4) is 0 Å². The number of anilines is 1. The van der Waals surface area contributed by atoms with Crippen LogP contribution in [0.15, 0.2) is 29.9 Å². The lowest BCUT2D eigenvalue weighted by Gasteiger charge is -2.01. The fourth-order valence-corrected chi connectivity index (χ4v) is 2.17. The fourth-order valence-electron chi connectivity index (χ4n) is 1.42. The molecule has 0 aliphatic rings. The van der Waals surface area contributed by atoms with Crippen LogP contribution in [-0.2, 0) is 11.2 Å². The maximum Gasteiger partial charge on any atom is 0.224 e. The minimum absolute atomic E-state index is 0.0398. The highest BCUT2D eigenvalue weighted by Crippen LogP contribution is 2.12. The third kappa shape index (κ3) is 3.20. The van der Waals surface area contributed by atoms with Crippen LogP contribution < -0.4 is 5.32 Å². The van der Waals surface area contributed by atoms with E-state index in [1.54, 1.807) is 23.7 Å². The number of aromatic amines is 1. The molecule has 0 fully saturated rings. The zero-order chi connectivity index (χ0) is 11.2. The normalized spacial score (nSPS) is 10.2. The van der Waals surface area contributed by atoms with E-state index in [1.165, 1.54) is 4.88 Å². The molecule has 0 spiro atoms. The number of carbonyl (C=O) groups excluding carboxylic acids is 1. The number of H-pyrrole nitrogens is 1. The molecular weight excluding hydrogens is 222 g/mol. The van der Waals surface area contributed by atoms with Crippen molar-refractivity contribution >= 4 is 22.9 Å². The summed E-state index contributed by atoms with van der Waals surface area (Å²) in [6, 6.07) is 4.13. The van der Waals surface area contributed by atoms with Crippen LogP contribution in [0.3, 0.4) is 0 Å². The van der Waals surface area contributed by atoms with Gasteiger partial charge in [-0.3, -0.25) is 9.89 Å². The molecule has 0 aromatic carbocycles. The number of nitrogens with one attached hydrogen (secondary N) is 2. The molecule has 1 amide bonds. The van der Waals surface area contributed by atoms with E-state index in [9.17, 15) is 4.79 Å². The summed E-state index contributed by atoms with van der Waals surface area (Å²) in [5.74, 6) is 0.0398. The largest absolute Gasteiger partial charge is 0.323 e. The molecule has 0 radical (unpaired) electrons. The van der Waals surface area contributed by atoms with Gasteiger partial charge < -0.3 is 5.32 Å². The number of aryl methyl sites for hydroxylation is 1. The van der Waals surface area contributed by atoms with Gasteiger partial charge in [-0.15, -0.1) is 11.3 Å². The molecule has 0 saturated carbocycles. The van der Waals surface area contributed by atoms with Gasteiger partial charge in [0.25, 0.3) is 0 Å². The van der Waals surface area contributed by atoms with Crippen molar-refractivity contribution in [3.05, 3.63) is 34.8 Å². The van der Waals surface area contributed by atoms with Gasteiger partial charge in [0.15, 0.2) is 0 Å². The van der Waals surface area contributed by atoms with Crippen LogP contribution in [0.5, 0.6) is 0 Å². The second-order valence-electron chi connectivity index (χ2n) is 3.47. The van der Waals surface area contributed by atoms with Crippen LogP contribution in [0.1, 0.15) is 17.7 Å². The molecule has 2 N–H and O–H groups in total. The Morgan fingerprint density at radius 3 is 3.19 bits per heavy atom. The number of thiophene rings is 1. The Balaban J connectivity index is 1.68. The molecule has 2 aromatic rings. The summed E-state index contributed by atoms with van der Waals surface area (Å²) in [6.45, 7) is 0. The standard InChI is InChI=1S/C11H13N3OS/c15-11(14-9-7-12-13-8-9)5-1-3-10-4-2-6-16-10/h2,4,6-8H,1,3,5H2,(H,12,13)(H,14,15). The molecule has 16 heavy (non-hydrogen) atoms. The molecule has 2 heterocycles. The van der Waals surface area contributed by atoms with Gasteiger partial charge in [0.2, 0.25) is 5.91 Å². The molecule has 84 valence electrons. The van der Waals surface area contributed by atoms with E-state index in [4.69, 9.17) is 0 Å². The quantitative estimate of drug-likeness (QED) is 0.836. The van der Waals surface area contributed by atoms with Crippen molar-refractivity contribution in [1.29, 1.82) is 0 Å². The van der Waals surface area contributed by atoms with Crippen molar-refractivity contribution in [2.24, 2.45) is 0 Å². The van der Waals surface area contributed by atoms with Gasteiger partial charge in [-0.05, 0) is 24.3 Å². The van der Waals surface area contributed by atoms with Crippen molar-refractivity contribution < 1.29 is 4.79 Å². The second kappa shape index (κ2) is 5.46. The van der Waals surface area contributed by atoms with E-state index in [-0.39, 0.29) is 5.91 Å². The Morgan fingerprint density at radius 1 is 1.56 bits per heavy atom. The van der Waals surface area contributed by atoms with Crippen molar-refractivity contribution in [2.45, 2.75) is 19.3 Å². The van der Waals surface area contributed by atoms with Gasteiger partial charge in [0.1, 0.15) is 0 Å². The third-order valence-corrected chi connectivity index (χ3v) is 3.13.